The van der Waals surface area contributed by atoms with Crippen molar-refractivity contribution >= 4 is 33.3 Å². The predicted molar refractivity (Wildman–Crippen MR) is 97.5 cm³/mol. The summed E-state index contributed by atoms with van der Waals surface area (Å²) >= 11 is 6.05. The molecule has 0 saturated heterocycles. The van der Waals surface area contributed by atoms with Crippen molar-refractivity contribution in [1.29, 1.82) is 0 Å². The molecule has 0 amide bonds. The molecule has 0 bridgehead atoms. The summed E-state index contributed by atoms with van der Waals surface area (Å²) in [5, 5.41) is 0.131. The Hall–Kier alpha value is -2.45. The number of benzene rings is 2. The number of sulfonamides is 1. The average Bonchev–Trinajstić information content (AvgIpc) is 2.65. The van der Waals surface area contributed by atoms with Gasteiger partial charge in [-0.3, -0.25) is 9.10 Å². The molecule has 26 heavy (non-hydrogen) atoms. The van der Waals surface area contributed by atoms with E-state index in [4.69, 9.17) is 21.1 Å². The third-order valence-corrected chi connectivity index (χ3v) is 5.62. The zero-order valence-electron chi connectivity index (χ0n) is 14.4. The van der Waals surface area contributed by atoms with E-state index in [2.05, 4.69) is 4.74 Å². The number of methoxy groups -OCH3 is 3. The van der Waals surface area contributed by atoms with E-state index in [1.807, 2.05) is 0 Å². The third-order valence-electron chi connectivity index (χ3n) is 3.57. The first-order valence-corrected chi connectivity index (χ1v) is 9.23. The molecule has 0 aliphatic rings. The zero-order chi connectivity index (χ0) is 19.3. The van der Waals surface area contributed by atoms with Gasteiger partial charge in [-0.1, -0.05) is 23.7 Å². The van der Waals surface area contributed by atoms with Gasteiger partial charge in [-0.25, -0.2) is 8.42 Å². The lowest BCUT2D eigenvalue weighted by molar-refractivity contribution is -0.138. The first-order chi connectivity index (χ1) is 12.3. The van der Waals surface area contributed by atoms with Crippen molar-refractivity contribution < 1.29 is 27.4 Å². The first kappa shape index (κ1) is 19.9. The van der Waals surface area contributed by atoms with Gasteiger partial charge in [0.25, 0.3) is 10.0 Å². The molecule has 0 saturated carbocycles. The number of ether oxygens (including phenoxy) is 3. The summed E-state index contributed by atoms with van der Waals surface area (Å²) in [6.07, 6.45) is 0. The molecule has 0 aromatic heterocycles. The summed E-state index contributed by atoms with van der Waals surface area (Å²) in [6.45, 7) is -0.525. The fourth-order valence-electron chi connectivity index (χ4n) is 2.25. The van der Waals surface area contributed by atoms with Crippen LogP contribution in [0.5, 0.6) is 11.5 Å². The summed E-state index contributed by atoms with van der Waals surface area (Å²) in [5.74, 6) is -0.0962. The van der Waals surface area contributed by atoms with E-state index >= 15 is 0 Å². The molecule has 9 heteroatoms. The molecule has 140 valence electrons. The van der Waals surface area contributed by atoms with E-state index in [9.17, 15) is 13.2 Å². The highest BCUT2D eigenvalue weighted by Gasteiger charge is 2.30. The summed E-state index contributed by atoms with van der Waals surface area (Å²) in [5.41, 5.74) is 0.201. The van der Waals surface area contributed by atoms with Crippen LogP contribution in [0.1, 0.15) is 0 Å². The molecule has 0 fully saturated rings. The molecule has 7 nitrogen and oxygen atoms in total. The second-order valence-corrected chi connectivity index (χ2v) is 7.33. The van der Waals surface area contributed by atoms with Crippen LogP contribution in [-0.2, 0) is 19.6 Å². The minimum Gasteiger partial charge on any atom is -0.495 e. The van der Waals surface area contributed by atoms with Crippen molar-refractivity contribution in [1.82, 2.24) is 0 Å². The summed E-state index contributed by atoms with van der Waals surface area (Å²) in [6, 6.07) is 10.5. The van der Waals surface area contributed by atoms with Crippen LogP contribution in [-0.4, -0.2) is 42.3 Å². The number of para-hydroxylation sites is 2. The number of nitrogens with zero attached hydrogens (tertiary/aromatic N) is 1. The lowest BCUT2D eigenvalue weighted by Gasteiger charge is -2.25. The van der Waals surface area contributed by atoms with Crippen molar-refractivity contribution in [2.75, 3.05) is 32.2 Å². The second kappa shape index (κ2) is 8.29. The lowest BCUT2D eigenvalue weighted by atomic mass is 10.3. The van der Waals surface area contributed by atoms with Crippen molar-refractivity contribution in [2.45, 2.75) is 4.90 Å². The number of halogens is 1. The predicted octanol–water partition coefficient (Wildman–Crippen LogP) is 2.73. The minimum absolute atomic E-state index is 0.0990. The summed E-state index contributed by atoms with van der Waals surface area (Å²) in [7, 11) is -0.114. The van der Waals surface area contributed by atoms with E-state index in [1.54, 1.807) is 18.2 Å². The third kappa shape index (κ3) is 4.03. The standard InChI is InChI=1S/C17H18ClNO6S/c1-23-15-9-8-12(10-13(15)18)26(21,22)19(11-17(20)25-3)14-6-4-5-7-16(14)24-2/h4-10H,11H2,1-3H3. The number of hydrogen-bond donors (Lipinski definition) is 0. The Kier molecular flexibility index (Phi) is 6.33. The molecule has 0 spiro atoms. The van der Waals surface area contributed by atoms with E-state index in [0.717, 1.165) is 4.31 Å². The highest BCUT2D eigenvalue weighted by molar-refractivity contribution is 7.92. The Morgan fingerprint density at radius 3 is 2.27 bits per heavy atom. The first-order valence-electron chi connectivity index (χ1n) is 7.41. The quantitative estimate of drug-likeness (QED) is 0.666. The SMILES string of the molecule is COC(=O)CN(c1ccccc1OC)S(=O)(=O)c1ccc(OC)c(Cl)c1. The van der Waals surface area contributed by atoms with Crippen LogP contribution in [0.2, 0.25) is 5.02 Å². The highest BCUT2D eigenvalue weighted by atomic mass is 35.5. The van der Waals surface area contributed by atoms with Gasteiger partial charge in [0.05, 0.1) is 36.9 Å². The van der Waals surface area contributed by atoms with Crippen molar-refractivity contribution in [2.24, 2.45) is 0 Å². The van der Waals surface area contributed by atoms with Crippen molar-refractivity contribution in [3.05, 3.63) is 47.5 Å². The van der Waals surface area contributed by atoms with E-state index in [0.29, 0.717) is 11.5 Å². The van der Waals surface area contributed by atoms with Gasteiger partial charge >= 0.3 is 5.97 Å². The topological polar surface area (TPSA) is 82.1 Å². The molecule has 2 aromatic carbocycles. The molecular weight excluding hydrogens is 382 g/mol. The fourth-order valence-corrected chi connectivity index (χ4v) is 4.02. The second-order valence-electron chi connectivity index (χ2n) is 5.06. The number of hydrogen-bond acceptors (Lipinski definition) is 6. The molecule has 0 aliphatic carbocycles. The van der Waals surface area contributed by atoms with Crippen LogP contribution in [0, 0.1) is 0 Å². The lowest BCUT2D eigenvalue weighted by Crippen LogP contribution is -2.36. The Balaban J connectivity index is 2.60. The maximum Gasteiger partial charge on any atom is 0.326 e. The van der Waals surface area contributed by atoms with E-state index in [-0.39, 0.29) is 15.6 Å². The smallest absolute Gasteiger partial charge is 0.326 e. The highest BCUT2D eigenvalue weighted by Crippen LogP contribution is 2.34. The molecule has 0 unspecified atom stereocenters. The number of carbonyl (C=O) groups excluding carboxylic acids is 1. The van der Waals surface area contributed by atoms with Gasteiger partial charge in [0, 0.05) is 0 Å². The van der Waals surface area contributed by atoms with Gasteiger partial charge in [0.2, 0.25) is 0 Å². The summed E-state index contributed by atoms with van der Waals surface area (Å²) < 4.78 is 42.2. The number of anilines is 1. The molecule has 0 aliphatic heterocycles. The average molecular weight is 400 g/mol. The molecule has 2 aromatic rings. The van der Waals surface area contributed by atoms with Gasteiger partial charge in [-0.05, 0) is 30.3 Å². The van der Waals surface area contributed by atoms with Crippen LogP contribution in [0.4, 0.5) is 5.69 Å². The number of carbonyl (C=O) groups is 1. The largest absolute Gasteiger partial charge is 0.495 e. The summed E-state index contributed by atoms with van der Waals surface area (Å²) in [4.78, 5) is 11.7. The monoisotopic (exact) mass is 399 g/mol. The molecule has 0 N–H and O–H groups in total. The zero-order valence-corrected chi connectivity index (χ0v) is 16.0. The molecule has 0 atom stereocenters. The molecule has 2 rings (SSSR count). The Morgan fingerprint density at radius 2 is 1.69 bits per heavy atom. The van der Waals surface area contributed by atoms with Gasteiger partial charge in [0.15, 0.2) is 0 Å². The number of esters is 1. The fraction of sp³-hybridized carbons (Fsp3) is 0.235. The Bertz CT molecular complexity index is 900. The minimum atomic E-state index is -4.13. The van der Waals surface area contributed by atoms with E-state index < -0.39 is 22.5 Å². The van der Waals surface area contributed by atoms with Crippen LogP contribution >= 0.6 is 11.6 Å². The van der Waals surface area contributed by atoms with Gasteiger partial charge in [0.1, 0.15) is 18.0 Å². The Morgan fingerprint density at radius 1 is 1.04 bits per heavy atom. The van der Waals surface area contributed by atoms with Crippen LogP contribution in [0.15, 0.2) is 47.4 Å². The molecular formula is C17H18ClNO6S. The number of rotatable bonds is 7. The van der Waals surface area contributed by atoms with Crippen molar-refractivity contribution in [3.8, 4) is 11.5 Å². The van der Waals surface area contributed by atoms with Crippen LogP contribution in [0.25, 0.3) is 0 Å². The van der Waals surface area contributed by atoms with Crippen LogP contribution < -0.4 is 13.8 Å². The van der Waals surface area contributed by atoms with Crippen LogP contribution in [0.3, 0.4) is 0 Å². The normalized spacial score (nSPS) is 10.9. The van der Waals surface area contributed by atoms with Gasteiger partial charge < -0.3 is 14.2 Å². The van der Waals surface area contributed by atoms with E-state index in [1.165, 1.54) is 45.6 Å². The van der Waals surface area contributed by atoms with Gasteiger partial charge in [-0.2, -0.15) is 0 Å². The maximum atomic E-state index is 13.2. The molecule has 0 heterocycles. The maximum absolute atomic E-state index is 13.2. The van der Waals surface area contributed by atoms with Gasteiger partial charge in [-0.15, -0.1) is 0 Å². The van der Waals surface area contributed by atoms with Crippen molar-refractivity contribution in [3.63, 3.8) is 0 Å². The molecule has 0 radical (unpaired) electrons. The Labute approximate surface area is 157 Å².